The van der Waals surface area contributed by atoms with E-state index in [0.717, 1.165) is 17.7 Å². The molecule has 0 aliphatic carbocycles. The molecule has 8 nitrogen and oxygen atoms in total. The molecule has 3 aromatic rings. The molecular weight excluding hydrogens is 537 g/mol. The number of nitrogens with zero attached hydrogens (tertiary/aromatic N) is 2. The number of carbonyl (C=O) groups excluding carboxylic acids is 3. The Bertz CT molecular complexity index is 1470. The Morgan fingerprint density at radius 3 is 2.46 bits per heavy atom. The minimum atomic E-state index is -4.53. The van der Waals surface area contributed by atoms with Crippen LogP contribution >= 0.6 is 0 Å². The van der Waals surface area contributed by atoms with Crippen molar-refractivity contribution in [3.8, 4) is 0 Å². The zero-order valence-corrected chi connectivity index (χ0v) is 21.9. The molecule has 2 aliphatic rings. The SMILES string of the molecule is C=CCN1C(=O)NC(c2ccc(C(F)(F)F)cc2)C2=C1CN(C(Cc1ccccc1)C(=O)NCc1ccco1)C2=O. The van der Waals surface area contributed by atoms with Gasteiger partial charge in [0.05, 0.1) is 42.2 Å². The predicted molar refractivity (Wildman–Crippen MR) is 143 cm³/mol. The van der Waals surface area contributed by atoms with Crippen molar-refractivity contribution in [1.82, 2.24) is 20.4 Å². The van der Waals surface area contributed by atoms with Gasteiger partial charge in [-0.1, -0.05) is 48.5 Å². The molecule has 0 spiro atoms. The molecule has 2 aromatic carbocycles. The number of hydrogen-bond acceptors (Lipinski definition) is 4. The number of amides is 4. The van der Waals surface area contributed by atoms with Crippen LogP contribution in [0.25, 0.3) is 0 Å². The predicted octanol–water partition coefficient (Wildman–Crippen LogP) is 4.57. The van der Waals surface area contributed by atoms with Crippen molar-refractivity contribution in [1.29, 1.82) is 0 Å². The van der Waals surface area contributed by atoms with Crippen molar-refractivity contribution in [2.45, 2.75) is 31.2 Å². The summed E-state index contributed by atoms with van der Waals surface area (Å²) in [5.74, 6) is -0.372. The number of furan rings is 1. The van der Waals surface area contributed by atoms with Crippen LogP contribution in [0, 0.1) is 0 Å². The van der Waals surface area contributed by atoms with Gasteiger partial charge < -0.3 is 20.0 Å². The summed E-state index contributed by atoms with van der Waals surface area (Å²) < 4.78 is 44.9. The summed E-state index contributed by atoms with van der Waals surface area (Å²) in [6.45, 7) is 3.86. The van der Waals surface area contributed by atoms with Crippen molar-refractivity contribution in [2.75, 3.05) is 13.1 Å². The molecule has 0 radical (unpaired) electrons. The number of urea groups is 1. The summed E-state index contributed by atoms with van der Waals surface area (Å²) in [5.41, 5.74) is 0.860. The maximum Gasteiger partial charge on any atom is 0.416 e. The number of nitrogens with one attached hydrogen (secondary N) is 2. The molecule has 41 heavy (non-hydrogen) atoms. The molecule has 2 atom stereocenters. The molecule has 3 heterocycles. The number of benzene rings is 2. The second-order valence-electron chi connectivity index (χ2n) is 9.70. The lowest BCUT2D eigenvalue weighted by Gasteiger charge is -2.33. The first-order valence-electron chi connectivity index (χ1n) is 12.9. The van der Waals surface area contributed by atoms with Crippen molar-refractivity contribution < 1.29 is 32.0 Å². The minimum Gasteiger partial charge on any atom is -0.467 e. The van der Waals surface area contributed by atoms with Gasteiger partial charge in [-0.2, -0.15) is 13.2 Å². The van der Waals surface area contributed by atoms with Crippen LogP contribution in [0.2, 0.25) is 0 Å². The van der Waals surface area contributed by atoms with E-state index in [0.29, 0.717) is 17.0 Å². The van der Waals surface area contributed by atoms with E-state index in [1.165, 1.54) is 34.3 Å². The molecule has 0 saturated carbocycles. The number of carbonyl (C=O) groups is 3. The van der Waals surface area contributed by atoms with Crippen molar-refractivity contribution >= 4 is 17.8 Å². The molecule has 4 amide bonds. The van der Waals surface area contributed by atoms with Crippen molar-refractivity contribution in [2.24, 2.45) is 0 Å². The van der Waals surface area contributed by atoms with Gasteiger partial charge in [-0.25, -0.2) is 4.79 Å². The molecule has 2 aliphatic heterocycles. The van der Waals surface area contributed by atoms with E-state index in [1.54, 1.807) is 12.1 Å². The molecule has 2 N–H and O–H groups in total. The summed E-state index contributed by atoms with van der Waals surface area (Å²) in [6, 6.07) is 14.5. The zero-order chi connectivity index (χ0) is 29.1. The van der Waals surface area contributed by atoms with Gasteiger partial charge in [-0.3, -0.25) is 14.5 Å². The second kappa shape index (κ2) is 11.4. The van der Waals surface area contributed by atoms with Crippen molar-refractivity contribution in [3.05, 3.63) is 119 Å². The average Bonchev–Trinajstić information content (AvgIpc) is 3.60. The Kier molecular flexibility index (Phi) is 7.69. The van der Waals surface area contributed by atoms with Gasteiger partial charge in [0.1, 0.15) is 11.8 Å². The van der Waals surface area contributed by atoms with E-state index < -0.39 is 41.7 Å². The standard InChI is InChI=1S/C30H27F3N4O4/c1-2-14-36-24-18-37(23(16-19-7-4-3-5-8-19)27(38)34-17-22-9-6-15-41-22)28(39)25(24)26(35-29(36)40)20-10-12-21(13-11-20)30(31,32)33/h2-13,15,23,26H,1,14,16-18H2,(H,34,38)(H,35,40). The molecule has 212 valence electrons. The number of rotatable bonds is 9. The van der Waals surface area contributed by atoms with Gasteiger partial charge >= 0.3 is 12.2 Å². The molecule has 5 rings (SSSR count). The zero-order valence-electron chi connectivity index (χ0n) is 21.9. The van der Waals surface area contributed by atoms with E-state index >= 15 is 0 Å². The fraction of sp³-hybridized carbons (Fsp3) is 0.233. The van der Waals surface area contributed by atoms with Gasteiger partial charge in [0.15, 0.2) is 0 Å². The third kappa shape index (κ3) is 5.74. The molecule has 2 unspecified atom stereocenters. The maximum absolute atomic E-state index is 14.1. The first kappa shape index (κ1) is 27.8. The Balaban J connectivity index is 1.49. The first-order chi connectivity index (χ1) is 19.7. The minimum absolute atomic E-state index is 0.0434. The van der Waals surface area contributed by atoms with Gasteiger partial charge in [0.2, 0.25) is 5.91 Å². The fourth-order valence-corrected chi connectivity index (χ4v) is 5.09. The normalized spacial score (nSPS) is 17.8. The third-order valence-corrected chi connectivity index (χ3v) is 7.10. The quantitative estimate of drug-likeness (QED) is 0.372. The molecular formula is C30H27F3N4O4. The third-order valence-electron chi connectivity index (χ3n) is 7.10. The Labute approximate surface area is 234 Å². The number of halogens is 3. The lowest BCUT2D eigenvalue weighted by atomic mass is 9.94. The van der Waals surface area contributed by atoms with E-state index in [2.05, 4.69) is 17.2 Å². The van der Waals surface area contributed by atoms with Gasteiger partial charge in [0.25, 0.3) is 5.91 Å². The summed E-state index contributed by atoms with van der Waals surface area (Å²) in [4.78, 5) is 43.5. The Morgan fingerprint density at radius 1 is 1.10 bits per heavy atom. The lowest BCUT2D eigenvalue weighted by Crippen LogP contribution is -2.49. The van der Waals surface area contributed by atoms with Crippen LogP contribution in [0.3, 0.4) is 0 Å². The van der Waals surface area contributed by atoms with Crippen LogP contribution in [0.1, 0.15) is 28.5 Å². The highest BCUT2D eigenvalue weighted by molar-refractivity contribution is 6.03. The van der Waals surface area contributed by atoms with E-state index in [-0.39, 0.29) is 31.6 Å². The Hall–Kier alpha value is -4.80. The second-order valence-corrected chi connectivity index (χ2v) is 9.70. The molecule has 11 heteroatoms. The number of hydrogen-bond donors (Lipinski definition) is 2. The highest BCUT2D eigenvalue weighted by Gasteiger charge is 2.47. The van der Waals surface area contributed by atoms with E-state index in [4.69, 9.17) is 4.42 Å². The van der Waals surface area contributed by atoms with Crippen LogP contribution < -0.4 is 10.6 Å². The van der Waals surface area contributed by atoms with Crippen LogP contribution in [0.4, 0.5) is 18.0 Å². The van der Waals surface area contributed by atoms with Crippen LogP contribution in [-0.4, -0.2) is 46.8 Å². The fourth-order valence-electron chi connectivity index (χ4n) is 5.09. The van der Waals surface area contributed by atoms with E-state index in [1.807, 2.05) is 30.3 Å². The molecule has 0 fully saturated rings. The first-order valence-corrected chi connectivity index (χ1v) is 12.9. The average molecular weight is 565 g/mol. The summed E-state index contributed by atoms with van der Waals surface area (Å²) in [6.07, 6.45) is -1.34. The monoisotopic (exact) mass is 564 g/mol. The molecule has 0 saturated heterocycles. The van der Waals surface area contributed by atoms with Crippen molar-refractivity contribution in [3.63, 3.8) is 0 Å². The largest absolute Gasteiger partial charge is 0.467 e. The smallest absolute Gasteiger partial charge is 0.416 e. The molecule has 1 aromatic heterocycles. The van der Waals surface area contributed by atoms with Crippen LogP contribution in [0.15, 0.2) is 101 Å². The number of alkyl halides is 3. The van der Waals surface area contributed by atoms with E-state index in [9.17, 15) is 27.6 Å². The molecule has 0 bridgehead atoms. The summed E-state index contributed by atoms with van der Waals surface area (Å²) >= 11 is 0. The van der Waals surface area contributed by atoms with Crippen LogP contribution in [-0.2, 0) is 28.7 Å². The van der Waals surface area contributed by atoms with Gasteiger partial charge in [-0.05, 0) is 35.4 Å². The van der Waals surface area contributed by atoms with Gasteiger partial charge in [0, 0.05) is 13.0 Å². The highest BCUT2D eigenvalue weighted by atomic mass is 19.4. The summed E-state index contributed by atoms with van der Waals surface area (Å²) in [5, 5.41) is 5.58. The lowest BCUT2D eigenvalue weighted by molar-refractivity contribution is -0.137. The summed E-state index contributed by atoms with van der Waals surface area (Å²) in [7, 11) is 0. The highest BCUT2D eigenvalue weighted by Crippen LogP contribution is 2.38. The van der Waals surface area contributed by atoms with Gasteiger partial charge in [-0.15, -0.1) is 6.58 Å². The maximum atomic E-state index is 14.1. The van der Waals surface area contributed by atoms with Crippen LogP contribution in [0.5, 0.6) is 0 Å². The topological polar surface area (TPSA) is 94.9 Å². The Morgan fingerprint density at radius 2 is 1.83 bits per heavy atom.